The third kappa shape index (κ3) is 6.65. The quantitative estimate of drug-likeness (QED) is 0.148. The van der Waals surface area contributed by atoms with E-state index in [-0.39, 0.29) is 37.4 Å². The first-order valence-corrected chi connectivity index (χ1v) is 13.4. The standard InChI is InChI=1S/C33H29N3O7/c1-40-25-14-11-23(12-15-25)20-43-33(39)35-30(34)24-13-16-28(41-2)29(17-24)42-19-22-9-7-21(8-10-22)18-36-31(37)26-5-3-4-6-27(26)32(36)38/h3-17H,18-20H2,1-2H3,(H2,34,35,39). The SMILES string of the molecule is COc1ccc(COC(=O)NC(=N)c2ccc(OC)c(OCc3ccc(CN4C(=O)c5ccccc5C4=O)cc3)c2)cc1. The fourth-order valence-corrected chi connectivity index (χ4v) is 4.49. The number of amides is 3. The molecule has 0 radical (unpaired) electrons. The van der Waals surface area contributed by atoms with Gasteiger partial charge in [-0.2, -0.15) is 0 Å². The van der Waals surface area contributed by atoms with Crippen molar-refractivity contribution in [1.82, 2.24) is 10.2 Å². The summed E-state index contributed by atoms with van der Waals surface area (Å²) in [5, 5.41) is 10.8. The maximum atomic E-state index is 12.7. The van der Waals surface area contributed by atoms with Gasteiger partial charge in [0.2, 0.25) is 0 Å². The normalized spacial score (nSPS) is 12.0. The number of nitrogens with zero attached hydrogens (tertiary/aromatic N) is 1. The van der Waals surface area contributed by atoms with Crippen LogP contribution in [0.25, 0.3) is 0 Å². The minimum absolute atomic E-state index is 0.0389. The second-order valence-corrected chi connectivity index (χ2v) is 9.64. The van der Waals surface area contributed by atoms with Crippen molar-refractivity contribution < 1.29 is 33.3 Å². The number of hydrogen-bond acceptors (Lipinski definition) is 8. The number of carbonyl (C=O) groups excluding carboxylic acids is 3. The largest absolute Gasteiger partial charge is 0.497 e. The van der Waals surface area contributed by atoms with Crippen molar-refractivity contribution in [2.24, 2.45) is 0 Å². The Morgan fingerprint density at radius 1 is 0.744 bits per heavy atom. The molecular formula is C33H29N3O7. The third-order valence-electron chi connectivity index (χ3n) is 6.84. The van der Waals surface area contributed by atoms with Gasteiger partial charge < -0.3 is 18.9 Å². The number of ether oxygens (including phenoxy) is 4. The van der Waals surface area contributed by atoms with Gasteiger partial charge in [-0.25, -0.2) is 4.79 Å². The van der Waals surface area contributed by atoms with Gasteiger partial charge >= 0.3 is 6.09 Å². The average molecular weight is 580 g/mol. The molecule has 1 aliphatic heterocycles. The van der Waals surface area contributed by atoms with Crippen LogP contribution in [0.5, 0.6) is 17.2 Å². The fraction of sp³-hybridized carbons (Fsp3) is 0.152. The van der Waals surface area contributed by atoms with Crippen LogP contribution in [0.4, 0.5) is 4.79 Å². The van der Waals surface area contributed by atoms with Crippen LogP contribution in [-0.4, -0.2) is 42.9 Å². The van der Waals surface area contributed by atoms with E-state index in [9.17, 15) is 14.4 Å². The second-order valence-electron chi connectivity index (χ2n) is 9.64. The molecule has 0 saturated carbocycles. The Kier molecular flexibility index (Phi) is 8.66. The molecule has 43 heavy (non-hydrogen) atoms. The van der Waals surface area contributed by atoms with Gasteiger partial charge in [0.25, 0.3) is 11.8 Å². The zero-order chi connectivity index (χ0) is 30.3. The lowest BCUT2D eigenvalue weighted by Crippen LogP contribution is -2.31. The number of rotatable bonds is 10. The van der Waals surface area contributed by atoms with Gasteiger partial charge in [-0.15, -0.1) is 0 Å². The predicted molar refractivity (Wildman–Crippen MR) is 158 cm³/mol. The van der Waals surface area contributed by atoms with E-state index in [0.29, 0.717) is 33.9 Å². The summed E-state index contributed by atoms with van der Waals surface area (Å²) in [7, 11) is 3.08. The minimum atomic E-state index is -0.764. The smallest absolute Gasteiger partial charge is 0.413 e. The Morgan fingerprint density at radius 2 is 1.35 bits per heavy atom. The number of fused-ring (bicyclic) bond motifs is 1. The molecule has 218 valence electrons. The lowest BCUT2D eigenvalue weighted by molar-refractivity contribution is 0.0642. The first kappa shape index (κ1) is 28.9. The summed E-state index contributed by atoms with van der Waals surface area (Å²) in [6.07, 6.45) is -0.764. The predicted octanol–water partition coefficient (Wildman–Crippen LogP) is 5.33. The molecule has 0 saturated heterocycles. The summed E-state index contributed by atoms with van der Waals surface area (Å²) < 4.78 is 21.7. The molecule has 1 heterocycles. The average Bonchev–Trinajstić information content (AvgIpc) is 3.28. The molecule has 1 aliphatic rings. The van der Waals surface area contributed by atoms with Crippen molar-refractivity contribution in [3.63, 3.8) is 0 Å². The number of methoxy groups -OCH3 is 2. The summed E-state index contributed by atoms with van der Waals surface area (Å²) in [5.74, 6) is 0.777. The number of carbonyl (C=O) groups is 3. The van der Waals surface area contributed by atoms with Crippen molar-refractivity contribution in [3.8, 4) is 17.2 Å². The maximum Gasteiger partial charge on any atom is 0.413 e. The number of alkyl carbamates (subject to hydrolysis) is 1. The molecule has 0 spiro atoms. The van der Waals surface area contributed by atoms with E-state index in [0.717, 1.165) is 16.7 Å². The number of imide groups is 1. The Morgan fingerprint density at radius 3 is 1.98 bits per heavy atom. The monoisotopic (exact) mass is 579 g/mol. The minimum Gasteiger partial charge on any atom is -0.497 e. The highest BCUT2D eigenvalue weighted by molar-refractivity contribution is 6.21. The van der Waals surface area contributed by atoms with Crippen molar-refractivity contribution >= 4 is 23.7 Å². The lowest BCUT2D eigenvalue weighted by Gasteiger charge is -2.15. The van der Waals surface area contributed by atoms with Gasteiger partial charge in [0.1, 0.15) is 24.8 Å². The van der Waals surface area contributed by atoms with Crippen molar-refractivity contribution in [3.05, 3.63) is 124 Å². The number of benzene rings is 4. The van der Waals surface area contributed by atoms with Gasteiger partial charge in [0.05, 0.1) is 31.9 Å². The second kappa shape index (κ2) is 12.9. The Hall–Kier alpha value is -5.64. The van der Waals surface area contributed by atoms with Crippen LogP contribution in [0.15, 0.2) is 91.0 Å². The lowest BCUT2D eigenvalue weighted by atomic mass is 10.1. The highest BCUT2D eigenvalue weighted by Crippen LogP contribution is 2.29. The van der Waals surface area contributed by atoms with Crippen molar-refractivity contribution in [2.45, 2.75) is 19.8 Å². The summed E-state index contributed by atoms with van der Waals surface area (Å²) in [6.45, 7) is 0.399. The summed E-state index contributed by atoms with van der Waals surface area (Å²) in [6, 6.07) is 26.2. The highest BCUT2D eigenvalue weighted by atomic mass is 16.5. The van der Waals surface area contributed by atoms with E-state index in [1.807, 2.05) is 24.3 Å². The summed E-state index contributed by atoms with van der Waals surface area (Å²) in [5.41, 5.74) is 3.66. The Bertz CT molecular complexity index is 1630. The van der Waals surface area contributed by atoms with E-state index in [2.05, 4.69) is 5.32 Å². The molecule has 4 aromatic rings. The number of nitrogens with one attached hydrogen (secondary N) is 2. The third-order valence-corrected chi connectivity index (χ3v) is 6.84. The van der Waals surface area contributed by atoms with E-state index in [4.69, 9.17) is 24.4 Å². The van der Waals surface area contributed by atoms with Crippen molar-refractivity contribution in [1.29, 1.82) is 5.41 Å². The van der Waals surface area contributed by atoms with E-state index in [1.165, 1.54) is 12.0 Å². The fourth-order valence-electron chi connectivity index (χ4n) is 4.49. The van der Waals surface area contributed by atoms with Gasteiger partial charge in [-0.3, -0.25) is 25.2 Å². The number of amidine groups is 1. The van der Waals surface area contributed by atoms with Crippen LogP contribution in [0.1, 0.15) is 43.0 Å². The Balaban J connectivity index is 1.16. The molecular weight excluding hydrogens is 550 g/mol. The molecule has 0 atom stereocenters. The molecule has 5 rings (SSSR count). The molecule has 0 aliphatic carbocycles. The first-order valence-electron chi connectivity index (χ1n) is 13.4. The number of hydrogen-bond donors (Lipinski definition) is 2. The molecule has 0 fully saturated rings. The van der Waals surface area contributed by atoms with Gasteiger partial charge in [0.15, 0.2) is 11.5 Å². The topological polar surface area (TPSA) is 127 Å². The van der Waals surface area contributed by atoms with E-state index in [1.54, 1.807) is 73.8 Å². The van der Waals surface area contributed by atoms with Crippen molar-refractivity contribution in [2.75, 3.05) is 14.2 Å². The molecule has 0 aromatic heterocycles. The van der Waals surface area contributed by atoms with Gasteiger partial charge in [0, 0.05) is 5.56 Å². The molecule has 3 amide bonds. The molecule has 0 unspecified atom stereocenters. The molecule has 0 bridgehead atoms. The van der Waals surface area contributed by atoms with Crippen LogP contribution in [-0.2, 0) is 24.5 Å². The summed E-state index contributed by atoms with van der Waals surface area (Å²) in [4.78, 5) is 38.9. The van der Waals surface area contributed by atoms with Gasteiger partial charge in [-0.05, 0) is 59.2 Å². The first-order chi connectivity index (χ1) is 20.9. The molecule has 4 aromatic carbocycles. The Labute approximate surface area is 248 Å². The highest BCUT2D eigenvalue weighted by Gasteiger charge is 2.34. The molecule has 10 heteroatoms. The van der Waals surface area contributed by atoms with Crippen LogP contribution in [0.3, 0.4) is 0 Å². The molecule has 10 nitrogen and oxygen atoms in total. The zero-order valence-corrected chi connectivity index (χ0v) is 23.6. The van der Waals surface area contributed by atoms with Crippen LogP contribution in [0, 0.1) is 5.41 Å². The maximum absolute atomic E-state index is 12.7. The van der Waals surface area contributed by atoms with Gasteiger partial charge in [-0.1, -0.05) is 48.5 Å². The van der Waals surface area contributed by atoms with Crippen LogP contribution < -0.4 is 19.5 Å². The zero-order valence-electron chi connectivity index (χ0n) is 23.6. The van der Waals surface area contributed by atoms with Crippen LogP contribution >= 0.6 is 0 Å². The van der Waals surface area contributed by atoms with Crippen LogP contribution in [0.2, 0.25) is 0 Å². The summed E-state index contributed by atoms with van der Waals surface area (Å²) >= 11 is 0. The van der Waals surface area contributed by atoms with E-state index < -0.39 is 6.09 Å². The van der Waals surface area contributed by atoms with E-state index >= 15 is 0 Å². The molecule has 2 N–H and O–H groups in total.